The Morgan fingerprint density at radius 3 is 2.51 bits per heavy atom. The van der Waals surface area contributed by atoms with Crippen LogP contribution in [0.3, 0.4) is 0 Å². The molecule has 5 nitrogen and oxygen atoms in total. The first kappa shape index (κ1) is 25.6. The molecule has 3 aliphatic rings. The summed E-state index contributed by atoms with van der Waals surface area (Å²) in [6, 6.07) is 14.5. The molecule has 5 heteroatoms. The Bertz CT molecular complexity index is 1150. The third-order valence-electron chi connectivity index (χ3n) is 8.14. The van der Waals surface area contributed by atoms with Crippen molar-refractivity contribution in [1.29, 1.82) is 0 Å². The van der Waals surface area contributed by atoms with Gasteiger partial charge in [0.05, 0.1) is 7.11 Å². The summed E-state index contributed by atoms with van der Waals surface area (Å²) >= 11 is 0. The number of carbonyl (C=O) groups is 1. The van der Waals surface area contributed by atoms with E-state index in [2.05, 4.69) is 53.6 Å². The van der Waals surface area contributed by atoms with Crippen molar-refractivity contribution < 1.29 is 14.3 Å². The first-order chi connectivity index (χ1) is 18.1. The van der Waals surface area contributed by atoms with Gasteiger partial charge in [-0.25, -0.2) is 0 Å². The van der Waals surface area contributed by atoms with Gasteiger partial charge in [0, 0.05) is 29.8 Å². The highest BCUT2D eigenvalue weighted by atomic mass is 16.5. The molecule has 0 aromatic heterocycles. The number of hydrogen-bond donors (Lipinski definition) is 1. The van der Waals surface area contributed by atoms with Gasteiger partial charge in [-0.1, -0.05) is 47.6 Å². The van der Waals surface area contributed by atoms with Gasteiger partial charge in [0.1, 0.15) is 6.61 Å². The van der Waals surface area contributed by atoms with Gasteiger partial charge in [-0.05, 0) is 88.6 Å². The number of rotatable bonds is 8. The molecule has 2 aromatic carbocycles. The Kier molecular flexibility index (Phi) is 8.30. The molecule has 1 aliphatic heterocycles. The summed E-state index contributed by atoms with van der Waals surface area (Å²) in [5, 5.41) is 3.17. The van der Waals surface area contributed by atoms with Crippen LogP contribution in [-0.2, 0) is 4.79 Å². The van der Waals surface area contributed by atoms with Crippen molar-refractivity contribution in [2.45, 2.75) is 57.8 Å². The summed E-state index contributed by atoms with van der Waals surface area (Å²) in [5.41, 5.74) is 5.69. The highest BCUT2D eigenvalue weighted by molar-refractivity contribution is 6.04. The van der Waals surface area contributed by atoms with Gasteiger partial charge in [-0.2, -0.15) is 0 Å². The van der Waals surface area contributed by atoms with Crippen LogP contribution in [0.5, 0.6) is 11.5 Å². The number of carbonyl (C=O) groups excluding carboxylic acids is 1. The number of nitrogens with one attached hydrogen (secondary N) is 1. The third-order valence-corrected chi connectivity index (χ3v) is 8.14. The van der Waals surface area contributed by atoms with Gasteiger partial charge >= 0.3 is 0 Å². The molecule has 1 amide bonds. The lowest BCUT2D eigenvalue weighted by Crippen LogP contribution is -2.25. The zero-order valence-electron chi connectivity index (χ0n) is 22.3. The van der Waals surface area contributed by atoms with E-state index in [0.29, 0.717) is 29.9 Å². The number of fused-ring (bicyclic) bond motifs is 1. The fourth-order valence-corrected chi connectivity index (χ4v) is 6.00. The molecule has 0 bridgehead atoms. The van der Waals surface area contributed by atoms with Crippen LogP contribution in [0.25, 0.3) is 0 Å². The molecule has 2 atom stereocenters. The van der Waals surface area contributed by atoms with Crippen molar-refractivity contribution in [3.8, 4) is 11.5 Å². The standard InChI is InChI=1S/C32H40N2O3/c1-23-8-10-24(11-9-23)25-12-13-26-6-5-7-29(28(26)16-14-25)32(35)33-27-15-17-30(36-2)31(22-27)37-21-20-34-18-3-4-19-34/h8-13,15,17,22,25-26H,3-7,14,16,18-21H2,1-2H3,(H,33,35). The van der Waals surface area contributed by atoms with Crippen LogP contribution >= 0.6 is 0 Å². The molecule has 5 rings (SSSR count). The average Bonchev–Trinajstić information content (AvgIpc) is 3.34. The predicted molar refractivity (Wildman–Crippen MR) is 149 cm³/mol. The second kappa shape index (κ2) is 12.0. The van der Waals surface area contributed by atoms with Crippen molar-refractivity contribution in [2.75, 3.05) is 38.7 Å². The molecule has 1 heterocycles. The van der Waals surface area contributed by atoms with E-state index in [1.54, 1.807) is 7.11 Å². The van der Waals surface area contributed by atoms with Gasteiger partial charge in [-0.15, -0.1) is 0 Å². The summed E-state index contributed by atoms with van der Waals surface area (Å²) < 4.78 is 11.6. The fraction of sp³-hybridized carbons (Fsp3) is 0.469. The van der Waals surface area contributed by atoms with Gasteiger partial charge < -0.3 is 14.8 Å². The number of ether oxygens (including phenoxy) is 2. The van der Waals surface area contributed by atoms with E-state index in [0.717, 1.165) is 63.0 Å². The normalized spacial score (nSPS) is 21.9. The van der Waals surface area contributed by atoms with Crippen molar-refractivity contribution in [1.82, 2.24) is 4.90 Å². The number of hydrogen-bond acceptors (Lipinski definition) is 4. The van der Waals surface area contributed by atoms with E-state index in [4.69, 9.17) is 9.47 Å². The number of aryl methyl sites for hydroxylation is 1. The lowest BCUT2D eigenvalue weighted by Gasteiger charge is -2.25. The largest absolute Gasteiger partial charge is 0.493 e. The first-order valence-electron chi connectivity index (χ1n) is 13.9. The second-order valence-corrected chi connectivity index (χ2v) is 10.7. The maximum absolute atomic E-state index is 13.5. The van der Waals surface area contributed by atoms with Crippen LogP contribution in [0, 0.1) is 12.8 Å². The van der Waals surface area contributed by atoms with Crippen LogP contribution in [-0.4, -0.2) is 44.2 Å². The lowest BCUT2D eigenvalue weighted by atomic mass is 9.80. The molecule has 2 aliphatic carbocycles. The van der Waals surface area contributed by atoms with Crippen LogP contribution in [0.1, 0.15) is 62.0 Å². The van der Waals surface area contributed by atoms with E-state index in [1.807, 2.05) is 18.2 Å². The smallest absolute Gasteiger partial charge is 0.251 e. The Balaban J connectivity index is 1.27. The monoisotopic (exact) mass is 500 g/mol. The number of nitrogens with zero attached hydrogens (tertiary/aromatic N) is 1. The van der Waals surface area contributed by atoms with Gasteiger partial charge in [0.2, 0.25) is 0 Å². The van der Waals surface area contributed by atoms with Crippen molar-refractivity contribution in [2.24, 2.45) is 5.92 Å². The van der Waals surface area contributed by atoms with E-state index in [1.165, 1.54) is 29.5 Å². The summed E-state index contributed by atoms with van der Waals surface area (Å²) in [4.78, 5) is 15.9. The molecule has 1 N–H and O–H groups in total. The molecule has 37 heavy (non-hydrogen) atoms. The van der Waals surface area contributed by atoms with E-state index < -0.39 is 0 Å². The minimum atomic E-state index is 0.0232. The molecular formula is C32H40N2O3. The first-order valence-corrected chi connectivity index (χ1v) is 13.9. The molecule has 2 unspecified atom stereocenters. The molecule has 2 aromatic rings. The summed E-state index contributed by atoms with van der Waals surface area (Å²) in [6.07, 6.45) is 12.3. The molecule has 1 fully saturated rings. The van der Waals surface area contributed by atoms with E-state index >= 15 is 0 Å². The summed E-state index contributed by atoms with van der Waals surface area (Å²) in [6.45, 7) is 5.95. The highest BCUT2D eigenvalue weighted by Crippen LogP contribution is 2.40. The maximum Gasteiger partial charge on any atom is 0.251 e. The van der Waals surface area contributed by atoms with Crippen LogP contribution in [0.2, 0.25) is 0 Å². The Morgan fingerprint density at radius 1 is 0.946 bits per heavy atom. The van der Waals surface area contributed by atoms with E-state index in [9.17, 15) is 4.79 Å². The summed E-state index contributed by atoms with van der Waals surface area (Å²) in [7, 11) is 1.65. The highest BCUT2D eigenvalue weighted by Gasteiger charge is 2.28. The molecular weight excluding hydrogens is 460 g/mol. The van der Waals surface area contributed by atoms with Crippen molar-refractivity contribution in [3.63, 3.8) is 0 Å². The predicted octanol–water partition coefficient (Wildman–Crippen LogP) is 6.65. The van der Waals surface area contributed by atoms with Gasteiger partial charge in [0.25, 0.3) is 5.91 Å². The van der Waals surface area contributed by atoms with Crippen molar-refractivity contribution >= 4 is 11.6 Å². The van der Waals surface area contributed by atoms with E-state index in [-0.39, 0.29) is 5.91 Å². The van der Waals surface area contributed by atoms with Crippen LogP contribution in [0.4, 0.5) is 5.69 Å². The van der Waals surface area contributed by atoms with Crippen molar-refractivity contribution in [3.05, 3.63) is 76.9 Å². The quantitative estimate of drug-likeness (QED) is 0.413. The zero-order chi connectivity index (χ0) is 25.6. The zero-order valence-corrected chi connectivity index (χ0v) is 22.3. The Labute approximate surface area is 221 Å². The SMILES string of the molecule is COc1ccc(NC(=O)C2=C3CCC(c4ccc(C)cc4)C=CC3CCC2)cc1OCCN1CCCC1. The number of allylic oxidation sites excluding steroid dienone is 3. The fourth-order valence-electron chi connectivity index (χ4n) is 6.00. The molecule has 196 valence electrons. The number of anilines is 1. The third kappa shape index (κ3) is 6.27. The minimum absolute atomic E-state index is 0.0232. The number of amides is 1. The molecule has 0 spiro atoms. The number of benzene rings is 2. The Hall–Kier alpha value is -3.05. The van der Waals surface area contributed by atoms with Crippen LogP contribution in [0.15, 0.2) is 65.8 Å². The van der Waals surface area contributed by atoms with Crippen LogP contribution < -0.4 is 14.8 Å². The lowest BCUT2D eigenvalue weighted by molar-refractivity contribution is -0.113. The number of methoxy groups -OCH3 is 1. The Morgan fingerprint density at radius 2 is 1.73 bits per heavy atom. The van der Waals surface area contributed by atoms with Gasteiger partial charge in [-0.3, -0.25) is 9.69 Å². The minimum Gasteiger partial charge on any atom is -0.493 e. The molecule has 1 saturated heterocycles. The topological polar surface area (TPSA) is 50.8 Å². The second-order valence-electron chi connectivity index (χ2n) is 10.7. The maximum atomic E-state index is 13.5. The molecule has 0 saturated carbocycles. The molecule has 0 radical (unpaired) electrons. The number of likely N-dealkylation sites (tertiary alicyclic amines) is 1. The average molecular weight is 501 g/mol. The summed E-state index contributed by atoms with van der Waals surface area (Å²) in [5.74, 6) is 2.16. The van der Waals surface area contributed by atoms with Gasteiger partial charge in [0.15, 0.2) is 11.5 Å².